The first kappa shape index (κ1) is 19.0. The Morgan fingerprint density at radius 2 is 1.86 bits per heavy atom. The molecule has 1 aliphatic rings. The van der Waals surface area contributed by atoms with Crippen LogP contribution < -0.4 is 10.2 Å². The van der Waals surface area contributed by atoms with Gasteiger partial charge >= 0.3 is 0 Å². The summed E-state index contributed by atoms with van der Waals surface area (Å²) in [7, 11) is 0. The number of nitrogens with one attached hydrogen (secondary N) is 1. The molecule has 2 heterocycles. The van der Waals surface area contributed by atoms with Gasteiger partial charge in [0.1, 0.15) is 6.33 Å². The van der Waals surface area contributed by atoms with E-state index >= 15 is 0 Å². The molecule has 1 N–H and O–H groups in total. The van der Waals surface area contributed by atoms with Crippen molar-refractivity contribution in [2.75, 3.05) is 36.4 Å². The van der Waals surface area contributed by atoms with Crippen LogP contribution in [0.5, 0.6) is 0 Å². The first-order valence-corrected chi connectivity index (χ1v) is 9.95. The molecule has 0 radical (unpaired) electrons. The number of aryl methyl sites for hydroxylation is 1. The summed E-state index contributed by atoms with van der Waals surface area (Å²) in [6.07, 6.45) is 2.68. The maximum Gasteiger partial charge on any atom is 0.246 e. The summed E-state index contributed by atoms with van der Waals surface area (Å²) in [4.78, 5) is 20.3. The van der Waals surface area contributed by atoms with Crippen LogP contribution in [0.3, 0.4) is 0 Å². The summed E-state index contributed by atoms with van der Waals surface area (Å²) in [5.74, 6) is 0.711. The Labute approximate surface area is 172 Å². The number of para-hydroxylation sites is 1. The van der Waals surface area contributed by atoms with Crippen LogP contribution >= 0.6 is 0 Å². The maximum atomic E-state index is 11.7. The van der Waals surface area contributed by atoms with Gasteiger partial charge in [0.2, 0.25) is 11.9 Å². The summed E-state index contributed by atoms with van der Waals surface area (Å²) in [6.45, 7) is 7.09. The third kappa shape index (κ3) is 4.56. The fourth-order valence-corrected chi connectivity index (χ4v) is 3.66. The predicted octanol–water partition coefficient (Wildman–Crippen LogP) is 3.62. The molecule has 29 heavy (non-hydrogen) atoms. The van der Waals surface area contributed by atoms with Crippen molar-refractivity contribution in [2.45, 2.75) is 20.3 Å². The van der Waals surface area contributed by atoms with E-state index in [1.165, 1.54) is 5.56 Å². The van der Waals surface area contributed by atoms with Crippen LogP contribution in [0.15, 0.2) is 54.9 Å². The second-order valence-electron chi connectivity index (χ2n) is 7.38. The highest BCUT2D eigenvalue weighted by Gasteiger charge is 2.17. The number of nitrogens with zero attached hydrogens (tertiary/aromatic N) is 5. The Bertz CT molecular complexity index is 990. The summed E-state index contributed by atoms with van der Waals surface area (Å²) >= 11 is 0. The molecular weight excluding hydrogens is 364 g/mol. The van der Waals surface area contributed by atoms with Crippen molar-refractivity contribution >= 4 is 23.2 Å². The molecule has 0 unspecified atom stereocenters. The molecule has 0 atom stereocenters. The van der Waals surface area contributed by atoms with Crippen LogP contribution in [0.25, 0.3) is 5.69 Å². The largest absolute Gasteiger partial charge is 0.370 e. The molecule has 7 heteroatoms. The zero-order chi connectivity index (χ0) is 20.2. The second kappa shape index (κ2) is 8.34. The quantitative estimate of drug-likeness (QED) is 0.735. The van der Waals surface area contributed by atoms with E-state index in [0.29, 0.717) is 5.95 Å². The number of carbonyl (C=O) groups is 1. The number of anilines is 3. The Morgan fingerprint density at radius 1 is 1.03 bits per heavy atom. The minimum absolute atomic E-state index is 0. The maximum absolute atomic E-state index is 11.7. The van der Waals surface area contributed by atoms with Gasteiger partial charge in [0, 0.05) is 45.9 Å². The Kier molecular flexibility index (Phi) is 5.46. The van der Waals surface area contributed by atoms with Crippen molar-refractivity contribution in [3.05, 3.63) is 60.4 Å². The monoisotopic (exact) mass is 392 g/mol. The highest BCUT2D eigenvalue weighted by molar-refractivity contribution is 5.73. The Hall–Kier alpha value is -3.35. The fourth-order valence-electron chi connectivity index (χ4n) is 3.66. The predicted molar refractivity (Wildman–Crippen MR) is 117 cm³/mol. The fraction of sp³-hybridized carbons (Fsp3) is 0.318. The van der Waals surface area contributed by atoms with Gasteiger partial charge in [-0.1, -0.05) is 18.2 Å². The van der Waals surface area contributed by atoms with E-state index in [4.69, 9.17) is 0 Å². The summed E-state index contributed by atoms with van der Waals surface area (Å²) in [5.41, 5.74) is 4.25. The Morgan fingerprint density at radius 3 is 2.66 bits per heavy atom. The van der Waals surface area contributed by atoms with Crippen molar-refractivity contribution in [3.8, 4) is 5.69 Å². The summed E-state index contributed by atoms with van der Waals surface area (Å²) in [5, 5.41) is 7.85. The van der Waals surface area contributed by atoms with Gasteiger partial charge in [-0.2, -0.15) is 4.98 Å². The molecule has 0 bridgehead atoms. The highest BCUT2D eigenvalue weighted by atomic mass is 16.2. The molecule has 4 rings (SSSR count). The van der Waals surface area contributed by atoms with E-state index in [9.17, 15) is 4.79 Å². The molecule has 2 aromatic carbocycles. The van der Waals surface area contributed by atoms with Crippen LogP contribution in [-0.4, -0.2) is 51.8 Å². The average Bonchev–Trinajstić information content (AvgIpc) is 3.02. The van der Waals surface area contributed by atoms with Crippen molar-refractivity contribution in [1.29, 1.82) is 0 Å². The molecule has 152 valence electrons. The van der Waals surface area contributed by atoms with Gasteiger partial charge in [0.25, 0.3) is 0 Å². The van der Waals surface area contributed by atoms with Gasteiger partial charge in [-0.25, -0.2) is 4.68 Å². The lowest BCUT2D eigenvalue weighted by Crippen LogP contribution is -2.33. The lowest BCUT2D eigenvalue weighted by Gasteiger charge is -2.24. The normalized spacial score (nSPS) is 14.6. The number of benzene rings is 2. The number of aromatic nitrogens is 3. The van der Waals surface area contributed by atoms with Gasteiger partial charge in [0.15, 0.2) is 0 Å². The zero-order valence-corrected chi connectivity index (χ0v) is 16.9. The molecule has 0 aliphatic carbocycles. The first-order valence-electron chi connectivity index (χ1n) is 9.95. The number of amides is 1. The second-order valence-corrected chi connectivity index (χ2v) is 7.38. The number of rotatable bonds is 4. The number of hydrogen-bond acceptors (Lipinski definition) is 5. The molecule has 1 amide bonds. The molecule has 1 fully saturated rings. The number of carbonyl (C=O) groups excluding carboxylic acids is 1. The minimum Gasteiger partial charge on any atom is -0.370 e. The standard InChI is InChI=1S/C22H26N6O.H2/c1-17-13-19(24-22-23-16-28(25-22)20-7-4-3-5-8-20)15-21(14-17)27-10-6-9-26(11-12-27)18(2)29;/h3-5,7-8,13-16H,6,9-12H2,1-2H3,(H,24,25);1H. The number of hydrogen-bond donors (Lipinski definition) is 1. The van der Waals surface area contributed by atoms with Gasteiger partial charge in [-0.3, -0.25) is 4.79 Å². The third-order valence-corrected chi connectivity index (χ3v) is 5.14. The molecule has 1 saturated heterocycles. The topological polar surface area (TPSA) is 66.3 Å². The zero-order valence-electron chi connectivity index (χ0n) is 16.9. The van der Waals surface area contributed by atoms with E-state index in [-0.39, 0.29) is 7.33 Å². The summed E-state index contributed by atoms with van der Waals surface area (Å²) in [6, 6.07) is 16.3. The van der Waals surface area contributed by atoms with E-state index in [0.717, 1.165) is 49.7 Å². The van der Waals surface area contributed by atoms with Gasteiger partial charge in [-0.15, -0.1) is 5.10 Å². The molecule has 7 nitrogen and oxygen atoms in total. The van der Waals surface area contributed by atoms with E-state index in [1.807, 2.05) is 35.2 Å². The van der Waals surface area contributed by atoms with E-state index in [1.54, 1.807) is 17.9 Å². The third-order valence-electron chi connectivity index (χ3n) is 5.14. The van der Waals surface area contributed by atoms with Crippen molar-refractivity contribution < 1.29 is 6.22 Å². The van der Waals surface area contributed by atoms with Crippen LogP contribution in [0, 0.1) is 6.92 Å². The van der Waals surface area contributed by atoms with Crippen molar-refractivity contribution in [2.24, 2.45) is 0 Å². The molecular formula is C22H28N6O. The minimum atomic E-state index is 0. The molecule has 0 saturated carbocycles. The average molecular weight is 393 g/mol. The Balaban J connectivity index is 0.00000256. The molecule has 1 aliphatic heterocycles. The van der Waals surface area contributed by atoms with Crippen molar-refractivity contribution in [3.63, 3.8) is 0 Å². The summed E-state index contributed by atoms with van der Waals surface area (Å²) < 4.78 is 1.75. The van der Waals surface area contributed by atoms with E-state index in [2.05, 4.69) is 45.4 Å². The molecule has 0 spiro atoms. The van der Waals surface area contributed by atoms with Crippen LogP contribution in [-0.2, 0) is 4.79 Å². The molecule has 1 aromatic heterocycles. The lowest BCUT2D eigenvalue weighted by molar-refractivity contribution is -0.128. The van der Waals surface area contributed by atoms with Crippen LogP contribution in [0.2, 0.25) is 0 Å². The van der Waals surface area contributed by atoms with Crippen LogP contribution in [0.1, 0.15) is 20.3 Å². The van der Waals surface area contributed by atoms with Gasteiger partial charge < -0.3 is 15.1 Å². The first-order chi connectivity index (χ1) is 14.1. The van der Waals surface area contributed by atoms with E-state index < -0.39 is 0 Å². The van der Waals surface area contributed by atoms with Gasteiger partial charge in [-0.05, 0) is 49.2 Å². The lowest BCUT2D eigenvalue weighted by atomic mass is 10.1. The smallest absolute Gasteiger partial charge is 0.246 e. The van der Waals surface area contributed by atoms with Gasteiger partial charge in [0.05, 0.1) is 5.69 Å². The van der Waals surface area contributed by atoms with Crippen molar-refractivity contribution in [1.82, 2.24) is 19.7 Å². The highest BCUT2D eigenvalue weighted by Crippen LogP contribution is 2.25. The SMILES string of the molecule is CC(=O)N1CCCN(c2cc(C)cc(Nc3ncn(-c4ccccc4)n3)c2)CC1.[HH]. The molecule has 3 aromatic rings. The van der Waals surface area contributed by atoms with Crippen LogP contribution in [0.4, 0.5) is 17.3 Å².